The zero-order chi connectivity index (χ0) is 12.6. The van der Waals surface area contributed by atoms with E-state index in [2.05, 4.69) is 5.32 Å². The van der Waals surface area contributed by atoms with Crippen LogP contribution in [0.1, 0.15) is 26.7 Å². The quantitative estimate of drug-likeness (QED) is 0.584. The van der Waals surface area contributed by atoms with Crippen molar-refractivity contribution in [3.63, 3.8) is 0 Å². The van der Waals surface area contributed by atoms with E-state index in [1.165, 1.54) is 0 Å². The molecule has 0 aromatic rings. The fourth-order valence-corrected chi connectivity index (χ4v) is 1.28. The lowest BCUT2D eigenvalue weighted by molar-refractivity contribution is -0.137. The number of nitrogens with one attached hydrogen (secondary N) is 1. The lowest BCUT2D eigenvalue weighted by Gasteiger charge is -2.26. The number of hydrogen-bond acceptors (Lipinski definition) is 3. The molecule has 0 spiro atoms. The lowest BCUT2D eigenvalue weighted by Crippen LogP contribution is -2.45. The van der Waals surface area contributed by atoms with Crippen molar-refractivity contribution in [2.45, 2.75) is 32.7 Å². The molecule has 94 valence electrons. The van der Waals surface area contributed by atoms with E-state index in [0.29, 0.717) is 26.1 Å². The molecule has 6 nitrogen and oxygen atoms in total. The minimum atomic E-state index is -0.842. The molecule has 2 amide bonds. The molecule has 0 saturated heterocycles. The maximum absolute atomic E-state index is 11.6. The van der Waals surface area contributed by atoms with Crippen molar-refractivity contribution < 1.29 is 14.7 Å². The number of aliphatic carboxylic acids is 1. The van der Waals surface area contributed by atoms with E-state index in [-0.39, 0.29) is 18.5 Å². The van der Waals surface area contributed by atoms with Crippen LogP contribution < -0.4 is 11.1 Å². The molecule has 0 radical (unpaired) electrons. The molecule has 0 fully saturated rings. The number of amides is 2. The number of rotatable bonds is 7. The Labute approximate surface area is 95.8 Å². The fraction of sp³-hybridized carbons (Fsp3) is 0.800. The molecule has 0 aromatic carbocycles. The van der Waals surface area contributed by atoms with Gasteiger partial charge in [-0.2, -0.15) is 0 Å². The zero-order valence-electron chi connectivity index (χ0n) is 9.90. The smallest absolute Gasteiger partial charge is 0.317 e. The minimum Gasteiger partial charge on any atom is -0.481 e. The third-order valence-corrected chi connectivity index (χ3v) is 2.09. The van der Waals surface area contributed by atoms with Crippen molar-refractivity contribution in [3.05, 3.63) is 0 Å². The number of nitrogens with two attached hydrogens (primary N) is 1. The molecule has 0 rings (SSSR count). The Kier molecular flexibility index (Phi) is 7.28. The highest BCUT2D eigenvalue weighted by Gasteiger charge is 2.15. The summed E-state index contributed by atoms with van der Waals surface area (Å²) in [5, 5.41) is 11.2. The van der Waals surface area contributed by atoms with Gasteiger partial charge in [-0.15, -0.1) is 0 Å². The molecule has 0 aliphatic carbocycles. The van der Waals surface area contributed by atoms with Crippen molar-refractivity contribution in [3.8, 4) is 0 Å². The number of carboxylic acids is 1. The van der Waals surface area contributed by atoms with Crippen molar-refractivity contribution in [1.82, 2.24) is 10.2 Å². The average molecular weight is 231 g/mol. The van der Waals surface area contributed by atoms with E-state index in [9.17, 15) is 9.59 Å². The highest BCUT2D eigenvalue weighted by molar-refractivity contribution is 5.74. The normalized spacial score (nSPS) is 10.2. The van der Waals surface area contributed by atoms with Gasteiger partial charge in [0.05, 0.1) is 0 Å². The van der Waals surface area contributed by atoms with E-state index in [0.717, 1.165) is 0 Å². The van der Waals surface area contributed by atoms with Gasteiger partial charge in [0, 0.05) is 32.1 Å². The summed E-state index contributed by atoms with van der Waals surface area (Å²) >= 11 is 0. The van der Waals surface area contributed by atoms with E-state index in [1.54, 1.807) is 4.90 Å². The molecule has 4 N–H and O–H groups in total. The summed E-state index contributed by atoms with van der Waals surface area (Å²) in [5.41, 5.74) is 5.28. The summed E-state index contributed by atoms with van der Waals surface area (Å²) in [7, 11) is 0. The Balaban J connectivity index is 4.05. The largest absolute Gasteiger partial charge is 0.481 e. The standard InChI is InChI=1S/C10H21N3O3/c1-8(2)13(7-3-4-9(14)15)10(16)12-6-5-11/h8H,3-7,11H2,1-2H3,(H,12,16)(H,14,15). The number of urea groups is 1. The van der Waals surface area contributed by atoms with Gasteiger partial charge in [0.2, 0.25) is 0 Å². The van der Waals surface area contributed by atoms with Crippen LogP contribution in [0.2, 0.25) is 0 Å². The first-order valence-electron chi connectivity index (χ1n) is 5.45. The number of carbonyl (C=O) groups is 2. The number of carbonyl (C=O) groups excluding carboxylic acids is 1. The monoisotopic (exact) mass is 231 g/mol. The molecule has 0 unspecified atom stereocenters. The van der Waals surface area contributed by atoms with Gasteiger partial charge in [-0.05, 0) is 20.3 Å². The van der Waals surface area contributed by atoms with Crippen LogP contribution in [0.3, 0.4) is 0 Å². The van der Waals surface area contributed by atoms with Crippen LogP contribution in [-0.4, -0.2) is 47.7 Å². The first kappa shape index (κ1) is 14.7. The summed E-state index contributed by atoms with van der Waals surface area (Å²) in [6, 6.07) is -0.141. The molecule has 0 aliphatic heterocycles. The number of carboxylic acid groups (broad SMARTS) is 1. The topological polar surface area (TPSA) is 95.7 Å². The van der Waals surface area contributed by atoms with Crippen molar-refractivity contribution in [1.29, 1.82) is 0 Å². The zero-order valence-corrected chi connectivity index (χ0v) is 9.90. The van der Waals surface area contributed by atoms with Crippen LogP contribution in [0, 0.1) is 0 Å². The fourth-order valence-electron chi connectivity index (χ4n) is 1.28. The maximum Gasteiger partial charge on any atom is 0.317 e. The summed E-state index contributed by atoms with van der Waals surface area (Å²) in [4.78, 5) is 23.6. The third-order valence-electron chi connectivity index (χ3n) is 2.09. The molecule has 0 aromatic heterocycles. The molecule has 0 bridgehead atoms. The van der Waals surface area contributed by atoms with Gasteiger partial charge in [0.15, 0.2) is 0 Å². The van der Waals surface area contributed by atoms with Gasteiger partial charge in [-0.3, -0.25) is 4.79 Å². The summed E-state index contributed by atoms with van der Waals surface area (Å²) in [5.74, 6) is -0.842. The molecule has 0 saturated carbocycles. The van der Waals surface area contributed by atoms with Crippen LogP contribution in [0.5, 0.6) is 0 Å². The predicted octanol–water partition coefficient (Wildman–Crippen LogP) is 0.230. The molecule has 6 heteroatoms. The third kappa shape index (κ3) is 6.23. The Morgan fingerprint density at radius 1 is 1.44 bits per heavy atom. The number of hydrogen-bond donors (Lipinski definition) is 3. The van der Waals surface area contributed by atoms with Crippen molar-refractivity contribution in [2.75, 3.05) is 19.6 Å². The van der Waals surface area contributed by atoms with Gasteiger partial charge in [0.1, 0.15) is 0 Å². The van der Waals surface area contributed by atoms with E-state index in [1.807, 2.05) is 13.8 Å². The van der Waals surface area contributed by atoms with Crippen LogP contribution >= 0.6 is 0 Å². The maximum atomic E-state index is 11.6. The Bertz CT molecular complexity index is 231. The van der Waals surface area contributed by atoms with E-state index in [4.69, 9.17) is 10.8 Å². The molecule has 0 heterocycles. The van der Waals surface area contributed by atoms with Crippen LogP contribution in [0.15, 0.2) is 0 Å². The molecular weight excluding hydrogens is 210 g/mol. The highest BCUT2D eigenvalue weighted by Crippen LogP contribution is 2.02. The van der Waals surface area contributed by atoms with Gasteiger partial charge in [-0.1, -0.05) is 0 Å². The Hall–Kier alpha value is -1.30. The Morgan fingerprint density at radius 2 is 2.06 bits per heavy atom. The SMILES string of the molecule is CC(C)N(CCCC(=O)O)C(=O)NCCN. The van der Waals surface area contributed by atoms with E-state index < -0.39 is 5.97 Å². The number of nitrogens with zero attached hydrogens (tertiary/aromatic N) is 1. The van der Waals surface area contributed by atoms with Crippen molar-refractivity contribution >= 4 is 12.0 Å². The second-order valence-electron chi connectivity index (χ2n) is 3.81. The van der Waals surface area contributed by atoms with Gasteiger partial charge < -0.3 is 21.1 Å². The molecule has 0 atom stereocenters. The lowest BCUT2D eigenvalue weighted by atomic mass is 10.2. The van der Waals surface area contributed by atoms with Crippen molar-refractivity contribution in [2.24, 2.45) is 5.73 Å². The average Bonchev–Trinajstić information content (AvgIpc) is 2.20. The molecule has 16 heavy (non-hydrogen) atoms. The van der Waals surface area contributed by atoms with Crippen LogP contribution in [0.25, 0.3) is 0 Å². The van der Waals surface area contributed by atoms with Crippen LogP contribution in [0.4, 0.5) is 4.79 Å². The Morgan fingerprint density at radius 3 is 2.50 bits per heavy atom. The van der Waals surface area contributed by atoms with Gasteiger partial charge in [-0.25, -0.2) is 4.79 Å². The molecular formula is C10H21N3O3. The van der Waals surface area contributed by atoms with E-state index >= 15 is 0 Å². The summed E-state index contributed by atoms with van der Waals surface area (Å²) in [6.45, 7) is 5.06. The first-order valence-corrected chi connectivity index (χ1v) is 5.45. The summed E-state index contributed by atoms with van der Waals surface area (Å²) < 4.78 is 0. The molecule has 0 aliphatic rings. The second-order valence-corrected chi connectivity index (χ2v) is 3.81. The first-order chi connectivity index (χ1) is 7.49. The summed E-state index contributed by atoms with van der Waals surface area (Å²) in [6.07, 6.45) is 0.539. The van der Waals surface area contributed by atoms with Gasteiger partial charge >= 0.3 is 12.0 Å². The second kappa shape index (κ2) is 7.92. The van der Waals surface area contributed by atoms with Crippen LogP contribution in [-0.2, 0) is 4.79 Å². The minimum absolute atomic E-state index is 0.0477. The van der Waals surface area contributed by atoms with Gasteiger partial charge in [0.25, 0.3) is 0 Å². The highest BCUT2D eigenvalue weighted by atomic mass is 16.4. The predicted molar refractivity (Wildman–Crippen MR) is 61.2 cm³/mol.